The fourth-order valence-corrected chi connectivity index (χ4v) is 3.88. The lowest BCUT2D eigenvalue weighted by atomic mass is 10.2. The van der Waals surface area contributed by atoms with Crippen LogP contribution in [0, 0.1) is 0 Å². The zero-order valence-electron chi connectivity index (χ0n) is 16.7. The lowest BCUT2D eigenvalue weighted by molar-refractivity contribution is -0.115. The van der Waals surface area contributed by atoms with E-state index in [4.69, 9.17) is 13.9 Å². The summed E-state index contributed by atoms with van der Waals surface area (Å²) in [4.78, 5) is 24.4. The smallest absolute Gasteiger partial charge is 0.251 e. The number of hydrogen-bond acceptors (Lipinski definition) is 7. The minimum Gasteiger partial charge on any atom is -0.468 e. The number of carbonyl (C=O) groups is 2. The molecule has 0 atom stereocenters. The Balaban J connectivity index is 1.28. The molecule has 2 aromatic carbocycles. The normalized spacial score (nSPS) is 12.4. The standard InChI is InChI=1S/C21H19N3O7S/c25-20(12-22-21(26)14-3-8-18-19(10-14)31-13-30-18)24-15-4-6-17(7-5-15)32(27,28)23-11-16-2-1-9-29-16/h1-10,23H,11-13H2,(H,22,26)(H,24,25). The molecular formula is C21H19N3O7S. The largest absolute Gasteiger partial charge is 0.468 e. The number of carbonyl (C=O) groups excluding carboxylic acids is 2. The number of ether oxygens (including phenoxy) is 2. The zero-order valence-corrected chi connectivity index (χ0v) is 17.5. The molecule has 0 radical (unpaired) electrons. The van der Waals surface area contributed by atoms with E-state index in [9.17, 15) is 18.0 Å². The molecule has 10 nitrogen and oxygen atoms in total. The van der Waals surface area contributed by atoms with Crippen LogP contribution in [0.1, 0.15) is 16.1 Å². The summed E-state index contributed by atoms with van der Waals surface area (Å²) in [7, 11) is -3.74. The first kappa shape index (κ1) is 21.4. The molecule has 0 saturated carbocycles. The first-order valence-electron chi connectivity index (χ1n) is 9.50. The van der Waals surface area contributed by atoms with Crippen LogP contribution >= 0.6 is 0 Å². The van der Waals surface area contributed by atoms with Crippen molar-refractivity contribution in [3.05, 3.63) is 72.2 Å². The third kappa shape index (κ3) is 5.07. The summed E-state index contributed by atoms with van der Waals surface area (Å²) in [6.07, 6.45) is 1.46. The van der Waals surface area contributed by atoms with Gasteiger partial charge in [0.25, 0.3) is 5.91 Å². The average Bonchev–Trinajstić information content (AvgIpc) is 3.48. The molecular weight excluding hydrogens is 438 g/mol. The summed E-state index contributed by atoms with van der Waals surface area (Å²) in [6.45, 7) is -0.141. The Kier molecular flexibility index (Phi) is 6.10. The van der Waals surface area contributed by atoms with E-state index in [2.05, 4.69) is 15.4 Å². The van der Waals surface area contributed by atoms with Crippen molar-refractivity contribution in [3.8, 4) is 11.5 Å². The van der Waals surface area contributed by atoms with Crippen LogP contribution in [-0.4, -0.2) is 33.6 Å². The Labute approximate surface area is 183 Å². The molecule has 0 unspecified atom stereocenters. The molecule has 1 aliphatic heterocycles. The number of rotatable bonds is 8. The van der Waals surface area contributed by atoms with E-state index in [0.717, 1.165) is 0 Å². The minimum absolute atomic E-state index is 0.0247. The third-order valence-electron chi connectivity index (χ3n) is 4.51. The summed E-state index contributed by atoms with van der Waals surface area (Å²) < 4.78 is 42.6. The first-order valence-corrected chi connectivity index (χ1v) is 11.0. The Morgan fingerprint density at radius 2 is 1.75 bits per heavy atom. The van der Waals surface area contributed by atoms with Crippen molar-refractivity contribution in [3.63, 3.8) is 0 Å². The molecule has 2 heterocycles. The van der Waals surface area contributed by atoms with Crippen molar-refractivity contribution in [2.24, 2.45) is 0 Å². The molecule has 4 rings (SSSR count). The fraction of sp³-hybridized carbons (Fsp3) is 0.143. The Bertz CT molecular complexity index is 1220. The van der Waals surface area contributed by atoms with Crippen molar-refractivity contribution in [1.82, 2.24) is 10.0 Å². The second kappa shape index (κ2) is 9.12. The maximum Gasteiger partial charge on any atom is 0.251 e. The monoisotopic (exact) mass is 457 g/mol. The van der Waals surface area contributed by atoms with Crippen molar-refractivity contribution < 1.29 is 31.9 Å². The lowest BCUT2D eigenvalue weighted by Gasteiger charge is -2.09. The Morgan fingerprint density at radius 3 is 2.50 bits per heavy atom. The molecule has 11 heteroatoms. The van der Waals surface area contributed by atoms with E-state index in [-0.39, 0.29) is 24.8 Å². The highest BCUT2D eigenvalue weighted by Gasteiger charge is 2.17. The van der Waals surface area contributed by atoms with Gasteiger partial charge in [-0.15, -0.1) is 0 Å². The highest BCUT2D eigenvalue weighted by atomic mass is 32.2. The molecule has 3 N–H and O–H groups in total. The van der Waals surface area contributed by atoms with Crippen molar-refractivity contribution >= 4 is 27.5 Å². The number of furan rings is 1. The van der Waals surface area contributed by atoms with E-state index in [1.807, 2.05) is 0 Å². The highest BCUT2D eigenvalue weighted by Crippen LogP contribution is 2.32. The van der Waals surface area contributed by atoms with Gasteiger partial charge in [0, 0.05) is 11.3 Å². The SMILES string of the molecule is O=C(CNC(=O)c1ccc2c(c1)OCO2)Nc1ccc(S(=O)(=O)NCc2ccco2)cc1. The fourth-order valence-electron chi connectivity index (χ4n) is 2.89. The molecule has 32 heavy (non-hydrogen) atoms. The van der Waals surface area contributed by atoms with Gasteiger partial charge in [0.2, 0.25) is 22.7 Å². The number of amides is 2. The van der Waals surface area contributed by atoms with Crippen LogP contribution < -0.4 is 24.8 Å². The maximum absolute atomic E-state index is 12.3. The van der Waals surface area contributed by atoms with Gasteiger partial charge in [-0.3, -0.25) is 9.59 Å². The maximum atomic E-state index is 12.3. The van der Waals surface area contributed by atoms with Crippen molar-refractivity contribution in [2.75, 3.05) is 18.7 Å². The predicted octanol–water partition coefficient (Wildman–Crippen LogP) is 1.86. The Morgan fingerprint density at radius 1 is 0.969 bits per heavy atom. The van der Waals surface area contributed by atoms with Crippen LogP contribution in [0.4, 0.5) is 5.69 Å². The molecule has 1 aromatic heterocycles. The lowest BCUT2D eigenvalue weighted by Crippen LogP contribution is -2.32. The van der Waals surface area contributed by atoms with Gasteiger partial charge in [0.05, 0.1) is 24.2 Å². The van der Waals surface area contributed by atoms with Crippen LogP contribution in [0.2, 0.25) is 0 Å². The Hall–Kier alpha value is -3.83. The number of nitrogens with one attached hydrogen (secondary N) is 3. The molecule has 0 spiro atoms. The molecule has 0 bridgehead atoms. The van der Waals surface area contributed by atoms with E-state index < -0.39 is 21.8 Å². The number of hydrogen-bond donors (Lipinski definition) is 3. The van der Waals surface area contributed by atoms with Gasteiger partial charge in [-0.05, 0) is 54.6 Å². The van der Waals surface area contributed by atoms with Gasteiger partial charge in [0.1, 0.15) is 5.76 Å². The number of fused-ring (bicyclic) bond motifs is 1. The number of anilines is 1. The summed E-state index contributed by atoms with van der Waals surface area (Å²) in [5.41, 5.74) is 0.718. The second-order valence-corrected chi connectivity index (χ2v) is 8.49. The topological polar surface area (TPSA) is 136 Å². The van der Waals surface area contributed by atoms with Crippen LogP contribution in [0.3, 0.4) is 0 Å². The molecule has 1 aliphatic rings. The molecule has 0 aliphatic carbocycles. The first-order chi connectivity index (χ1) is 15.4. The molecule has 0 saturated heterocycles. The molecule has 2 amide bonds. The minimum atomic E-state index is -3.74. The molecule has 166 valence electrons. The van der Waals surface area contributed by atoms with Crippen LogP contribution in [0.5, 0.6) is 11.5 Å². The van der Waals surface area contributed by atoms with Gasteiger partial charge in [-0.1, -0.05) is 0 Å². The van der Waals surface area contributed by atoms with Gasteiger partial charge in [-0.25, -0.2) is 13.1 Å². The van der Waals surface area contributed by atoms with Crippen LogP contribution in [0.15, 0.2) is 70.2 Å². The van der Waals surface area contributed by atoms with E-state index in [1.54, 1.807) is 24.3 Å². The summed E-state index contributed by atoms with van der Waals surface area (Å²) in [5, 5.41) is 5.11. The number of benzene rings is 2. The third-order valence-corrected chi connectivity index (χ3v) is 5.93. The van der Waals surface area contributed by atoms with Crippen molar-refractivity contribution in [1.29, 1.82) is 0 Å². The number of sulfonamides is 1. The van der Waals surface area contributed by atoms with Gasteiger partial charge in [0.15, 0.2) is 11.5 Å². The predicted molar refractivity (Wildman–Crippen MR) is 113 cm³/mol. The second-order valence-electron chi connectivity index (χ2n) is 6.73. The highest BCUT2D eigenvalue weighted by molar-refractivity contribution is 7.89. The van der Waals surface area contributed by atoms with Gasteiger partial charge in [-0.2, -0.15) is 0 Å². The van der Waals surface area contributed by atoms with E-state index in [1.165, 1.54) is 36.6 Å². The summed E-state index contributed by atoms with van der Waals surface area (Å²) in [5.74, 6) is 0.602. The molecule has 0 fully saturated rings. The van der Waals surface area contributed by atoms with Gasteiger partial charge >= 0.3 is 0 Å². The van der Waals surface area contributed by atoms with Crippen LogP contribution in [0.25, 0.3) is 0 Å². The molecule has 3 aromatic rings. The summed E-state index contributed by atoms with van der Waals surface area (Å²) in [6, 6.07) is 13.7. The van der Waals surface area contributed by atoms with E-state index >= 15 is 0 Å². The van der Waals surface area contributed by atoms with Crippen molar-refractivity contribution in [2.45, 2.75) is 11.4 Å². The zero-order chi connectivity index (χ0) is 22.6. The average molecular weight is 457 g/mol. The van der Waals surface area contributed by atoms with Gasteiger partial charge < -0.3 is 24.5 Å². The summed E-state index contributed by atoms with van der Waals surface area (Å²) >= 11 is 0. The quantitative estimate of drug-likeness (QED) is 0.470. The van der Waals surface area contributed by atoms with E-state index in [0.29, 0.717) is 28.5 Å². The van der Waals surface area contributed by atoms with Crippen LogP contribution in [-0.2, 0) is 21.4 Å².